The molecule has 0 fully saturated rings. The third kappa shape index (κ3) is 5.41. The van der Waals surface area contributed by atoms with Gasteiger partial charge in [0, 0.05) is 24.5 Å². The highest BCUT2D eigenvalue weighted by Gasteiger charge is 2.16. The minimum absolute atomic E-state index is 0.0207. The molecule has 0 unspecified atom stereocenters. The molecule has 0 saturated heterocycles. The molecule has 164 valence electrons. The Bertz CT molecular complexity index is 1150. The zero-order valence-corrected chi connectivity index (χ0v) is 18.5. The number of anilines is 3. The zero-order valence-electron chi connectivity index (χ0n) is 17.8. The molecule has 0 bridgehead atoms. The van der Waals surface area contributed by atoms with Gasteiger partial charge in [-0.15, -0.1) is 0 Å². The monoisotopic (exact) mass is 451 g/mol. The molecule has 0 atom stereocenters. The molecule has 9 heteroatoms. The number of pyridine rings is 1. The van der Waals surface area contributed by atoms with Crippen LogP contribution in [0.25, 0.3) is 0 Å². The Kier molecular flexibility index (Phi) is 7.07. The number of amidine groups is 1. The van der Waals surface area contributed by atoms with E-state index in [1.54, 1.807) is 61.6 Å². The van der Waals surface area contributed by atoms with Crippen LogP contribution < -0.4 is 15.5 Å². The highest BCUT2D eigenvalue weighted by Crippen LogP contribution is 2.21. The number of ether oxygens (including phenoxy) is 1. The van der Waals surface area contributed by atoms with Crippen molar-refractivity contribution in [2.75, 3.05) is 29.7 Å². The van der Waals surface area contributed by atoms with Crippen LogP contribution in [-0.2, 0) is 4.74 Å². The quantitative estimate of drug-likeness (QED) is 0.389. The molecule has 0 aliphatic rings. The maximum absolute atomic E-state index is 12.8. The van der Waals surface area contributed by atoms with Crippen molar-refractivity contribution >= 4 is 46.6 Å². The van der Waals surface area contributed by atoms with Crippen LogP contribution >= 0.6 is 11.6 Å². The molecule has 1 heterocycles. The lowest BCUT2D eigenvalue weighted by Gasteiger charge is -2.18. The summed E-state index contributed by atoms with van der Waals surface area (Å²) in [6.07, 6.45) is 1.44. The summed E-state index contributed by atoms with van der Waals surface area (Å²) < 4.78 is 4.90. The molecule has 3 rings (SSSR count). The summed E-state index contributed by atoms with van der Waals surface area (Å²) in [5, 5.41) is 13.7. The average Bonchev–Trinajstić information content (AvgIpc) is 2.80. The molecule has 2 aromatic carbocycles. The van der Waals surface area contributed by atoms with Crippen LogP contribution in [0.2, 0.25) is 5.02 Å². The van der Waals surface area contributed by atoms with Crippen molar-refractivity contribution in [3.05, 3.63) is 82.5 Å². The number of rotatable bonds is 5. The number of aryl methyl sites for hydroxylation is 1. The predicted molar refractivity (Wildman–Crippen MR) is 126 cm³/mol. The first-order valence-corrected chi connectivity index (χ1v) is 9.97. The number of carbonyl (C=O) groups is 2. The fraction of sp³-hybridized carbons (Fsp3) is 0.130. The summed E-state index contributed by atoms with van der Waals surface area (Å²) in [5.74, 6) is -0.433. The third-order valence-corrected chi connectivity index (χ3v) is 4.88. The second kappa shape index (κ2) is 9.93. The minimum atomic E-state index is -0.408. The lowest BCUT2D eigenvalue weighted by molar-refractivity contribution is 0.102. The van der Waals surface area contributed by atoms with Gasteiger partial charge in [0.1, 0.15) is 5.82 Å². The normalized spacial score (nSPS) is 10.2. The number of aromatic nitrogens is 1. The molecule has 0 spiro atoms. The van der Waals surface area contributed by atoms with Gasteiger partial charge in [0.15, 0.2) is 0 Å². The maximum atomic E-state index is 12.8. The first kappa shape index (κ1) is 22.8. The van der Waals surface area contributed by atoms with Gasteiger partial charge < -0.3 is 15.4 Å². The number of nitrogens with one attached hydrogen (secondary N) is 3. The van der Waals surface area contributed by atoms with Crippen LogP contribution in [0, 0.1) is 12.3 Å². The first-order chi connectivity index (χ1) is 15.3. The van der Waals surface area contributed by atoms with Gasteiger partial charge in [0.2, 0.25) is 0 Å². The Morgan fingerprint density at radius 3 is 2.38 bits per heavy atom. The fourth-order valence-corrected chi connectivity index (χ4v) is 2.99. The molecule has 1 aromatic heterocycles. The van der Waals surface area contributed by atoms with E-state index in [4.69, 9.17) is 21.7 Å². The summed E-state index contributed by atoms with van der Waals surface area (Å²) in [5.41, 5.74) is 2.64. The van der Waals surface area contributed by atoms with E-state index in [2.05, 4.69) is 15.6 Å². The summed E-state index contributed by atoms with van der Waals surface area (Å²) in [4.78, 5) is 31.2. The van der Waals surface area contributed by atoms with E-state index >= 15 is 0 Å². The van der Waals surface area contributed by atoms with E-state index in [-0.39, 0.29) is 11.9 Å². The smallest absolute Gasteiger partial charge is 0.288 e. The van der Waals surface area contributed by atoms with Gasteiger partial charge in [-0.1, -0.05) is 23.2 Å². The lowest BCUT2D eigenvalue weighted by Crippen LogP contribution is -2.26. The molecular weight excluding hydrogens is 430 g/mol. The maximum Gasteiger partial charge on any atom is 0.288 e. The highest BCUT2D eigenvalue weighted by molar-refractivity contribution is 6.30. The number of carbonyl (C=O) groups excluding carboxylic acids is 2. The molecule has 3 N–H and O–H groups in total. The van der Waals surface area contributed by atoms with Crippen LogP contribution in [0.4, 0.5) is 17.2 Å². The standard InChI is InChI=1S/C23H22ClN5O3/c1-14-4-10-19(18(12-14)22(31)28-20-11-7-16(24)13-26-20)27-21(30)15-5-8-17(9-6-15)29(2)23(25)32-3/h4-13,25H,1-3H3,(H,27,30)(H,26,28,31). The summed E-state index contributed by atoms with van der Waals surface area (Å²) in [6.45, 7) is 1.86. The minimum Gasteiger partial charge on any atom is -0.468 e. The van der Waals surface area contributed by atoms with Crippen LogP contribution in [-0.4, -0.2) is 37.0 Å². The Balaban J connectivity index is 1.78. The van der Waals surface area contributed by atoms with Crippen molar-refractivity contribution < 1.29 is 14.3 Å². The Hall–Kier alpha value is -3.91. The van der Waals surface area contributed by atoms with Gasteiger partial charge in [0.25, 0.3) is 17.8 Å². The van der Waals surface area contributed by atoms with E-state index in [1.165, 1.54) is 18.2 Å². The molecular formula is C23H22ClN5O3. The Labute approximate surface area is 190 Å². The summed E-state index contributed by atoms with van der Waals surface area (Å²) >= 11 is 5.83. The fourth-order valence-electron chi connectivity index (χ4n) is 2.87. The Morgan fingerprint density at radius 2 is 1.75 bits per heavy atom. The van der Waals surface area contributed by atoms with E-state index < -0.39 is 5.91 Å². The van der Waals surface area contributed by atoms with Gasteiger partial charge in [-0.05, 0) is 55.5 Å². The van der Waals surface area contributed by atoms with Crippen molar-refractivity contribution in [3.8, 4) is 0 Å². The van der Waals surface area contributed by atoms with Crippen molar-refractivity contribution in [1.29, 1.82) is 5.41 Å². The number of hydrogen-bond acceptors (Lipinski definition) is 5. The van der Waals surface area contributed by atoms with Crippen LogP contribution in [0.5, 0.6) is 0 Å². The van der Waals surface area contributed by atoms with Crippen LogP contribution in [0.3, 0.4) is 0 Å². The highest BCUT2D eigenvalue weighted by atomic mass is 35.5. The van der Waals surface area contributed by atoms with Gasteiger partial charge in [0.05, 0.1) is 23.4 Å². The van der Waals surface area contributed by atoms with E-state index in [9.17, 15) is 9.59 Å². The van der Waals surface area contributed by atoms with Crippen molar-refractivity contribution in [3.63, 3.8) is 0 Å². The van der Waals surface area contributed by atoms with Crippen molar-refractivity contribution in [2.45, 2.75) is 6.92 Å². The average molecular weight is 452 g/mol. The molecule has 32 heavy (non-hydrogen) atoms. The van der Waals surface area contributed by atoms with E-state index in [0.29, 0.717) is 33.3 Å². The number of amides is 2. The number of hydrogen-bond donors (Lipinski definition) is 3. The second-order valence-electron chi connectivity index (χ2n) is 6.93. The van der Waals surface area contributed by atoms with E-state index in [0.717, 1.165) is 5.56 Å². The van der Waals surface area contributed by atoms with Crippen molar-refractivity contribution in [1.82, 2.24) is 4.98 Å². The number of nitrogens with zero attached hydrogens (tertiary/aromatic N) is 2. The molecule has 2 amide bonds. The van der Waals surface area contributed by atoms with Crippen LogP contribution in [0.15, 0.2) is 60.8 Å². The first-order valence-electron chi connectivity index (χ1n) is 9.59. The molecule has 0 radical (unpaired) electrons. The number of benzene rings is 2. The molecule has 8 nitrogen and oxygen atoms in total. The van der Waals surface area contributed by atoms with Crippen LogP contribution in [0.1, 0.15) is 26.3 Å². The van der Waals surface area contributed by atoms with E-state index in [1.807, 2.05) is 6.92 Å². The van der Waals surface area contributed by atoms with Crippen molar-refractivity contribution in [2.24, 2.45) is 0 Å². The topological polar surface area (TPSA) is 107 Å². The molecule has 0 saturated carbocycles. The summed E-state index contributed by atoms with van der Waals surface area (Å²) in [6, 6.07) is 15.1. The molecule has 0 aliphatic carbocycles. The SMILES string of the molecule is COC(=N)N(C)c1ccc(C(=O)Nc2ccc(C)cc2C(=O)Nc2ccc(Cl)cn2)cc1. The number of halogens is 1. The summed E-state index contributed by atoms with van der Waals surface area (Å²) in [7, 11) is 3.10. The lowest BCUT2D eigenvalue weighted by atomic mass is 10.1. The van der Waals surface area contributed by atoms with Gasteiger partial charge in [-0.25, -0.2) is 4.98 Å². The van der Waals surface area contributed by atoms with Gasteiger partial charge in [-0.3, -0.25) is 19.9 Å². The second-order valence-corrected chi connectivity index (χ2v) is 7.37. The Morgan fingerprint density at radius 1 is 1.03 bits per heavy atom. The zero-order chi connectivity index (χ0) is 23.3. The van der Waals surface area contributed by atoms with Gasteiger partial charge in [-0.2, -0.15) is 0 Å². The molecule has 3 aromatic rings. The molecule has 0 aliphatic heterocycles. The predicted octanol–water partition coefficient (Wildman–Crippen LogP) is 4.57. The largest absolute Gasteiger partial charge is 0.468 e. The number of methoxy groups -OCH3 is 1. The van der Waals surface area contributed by atoms with Gasteiger partial charge >= 0.3 is 0 Å². The third-order valence-electron chi connectivity index (χ3n) is 4.65.